The Morgan fingerprint density at radius 1 is 1.47 bits per heavy atom. The first kappa shape index (κ1) is 13.8. The van der Waals surface area contributed by atoms with E-state index in [1.807, 2.05) is 0 Å². The Morgan fingerprint density at radius 3 is 2.65 bits per heavy atom. The smallest absolute Gasteiger partial charge is 0.449 e. The highest BCUT2D eigenvalue weighted by Crippen LogP contribution is 2.12. The quantitative estimate of drug-likeness (QED) is 0.829. The topological polar surface area (TPSA) is 61.4 Å². The molecule has 1 aromatic carbocycles. The van der Waals surface area contributed by atoms with Crippen LogP contribution in [0.2, 0.25) is 0 Å². The number of hydrogen-bond acceptors (Lipinski definition) is 3. The first-order valence-electron chi connectivity index (χ1n) is 4.95. The summed E-state index contributed by atoms with van der Waals surface area (Å²) in [7, 11) is 0. The van der Waals surface area contributed by atoms with Gasteiger partial charge in [-0.3, -0.25) is 0 Å². The van der Waals surface area contributed by atoms with Gasteiger partial charge in [0.05, 0.1) is 0 Å². The maximum absolute atomic E-state index is 12.9. The highest BCUT2D eigenvalue weighted by atomic mass is 32.2. The number of amides is 1. The molecule has 0 spiro atoms. The van der Waals surface area contributed by atoms with Crippen molar-refractivity contribution >= 4 is 17.5 Å². The number of rotatable bonds is 2. The minimum absolute atomic E-state index is 0.177. The van der Waals surface area contributed by atoms with E-state index >= 15 is 0 Å². The molecule has 0 aliphatic heterocycles. The van der Waals surface area contributed by atoms with E-state index in [1.54, 1.807) is 20.8 Å². The lowest BCUT2D eigenvalue weighted by Crippen LogP contribution is -2.36. The van der Waals surface area contributed by atoms with Crippen molar-refractivity contribution in [2.45, 2.75) is 31.3 Å². The summed E-state index contributed by atoms with van der Waals surface area (Å²) in [6.45, 7) is 5.08. The van der Waals surface area contributed by atoms with Gasteiger partial charge < -0.3 is 9.29 Å². The highest BCUT2D eigenvalue weighted by molar-refractivity contribution is 7.90. The molecule has 0 fully saturated rings. The van der Waals surface area contributed by atoms with Gasteiger partial charge in [0.15, 0.2) is 4.90 Å². The Morgan fingerprint density at radius 2 is 2.12 bits per heavy atom. The van der Waals surface area contributed by atoms with Crippen molar-refractivity contribution in [2.75, 3.05) is 0 Å². The normalized spacial score (nSPS) is 13.0. The van der Waals surface area contributed by atoms with Crippen LogP contribution < -0.4 is 4.72 Å². The first-order valence-corrected chi connectivity index (χ1v) is 6.10. The summed E-state index contributed by atoms with van der Waals surface area (Å²) in [5.74, 6) is -0.512. The van der Waals surface area contributed by atoms with E-state index in [2.05, 4.69) is 4.72 Å². The molecule has 0 saturated carbocycles. The molecule has 0 heterocycles. The van der Waals surface area contributed by atoms with Gasteiger partial charge in [-0.15, -0.1) is 4.72 Å². The van der Waals surface area contributed by atoms with Crippen LogP contribution in [0.4, 0.5) is 9.18 Å². The van der Waals surface area contributed by atoms with E-state index in [4.69, 9.17) is 4.74 Å². The van der Waals surface area contributed by atoms with E-state index in [0.29, 0.717) is 0 Å². The molecule has 0 aromatic heterocycles. The number of hydrogen-bond donors (Lipinski definition) is 1. The van der Waals surface area contributed by atoms with Gasteiger partial charge in [0.1, 0.15) is 22.8 Å². The van der Waals surface area contributed by atoms with Crippen LogP contribution >= 0.6 is 0 Å². The molecule has 0 aliphatic carbocycles. The zero-order valence-electron chi connectivity index (χ0n) is 9.82. The summed E-state index contributed by atoms with van der Waals surface area (Å²) in [5.41, 5.74) is -0.670. The van der Waals surface area contributed by atoms with Crippen molar-refractivity contribution < 1.29 is 18.5 Å². The molecular weight excluding hydrogens is 245 g/mol. The second-order valence-electron chi connectivity index (χ2n) is 4.33. The summed E-state index contributed by atoms with van der Waals surface area (Å²) in [4.78, 5) is 11.5. The second-order valence-corrected chi connectivity index (χ2v) is 5.54. The fourth-order valence-electron chi connectivity index (χ4n) is 1.02. The fraction of sp³-hybridized carbons (Fsp3) is 0.364. The molecule has 0 radical (unpaired) electrons. The van der Waals surface area contributed by atoms with Gasteiger partial charge >= 0.3 is 6.09 Å². The molecule has 6 heteroatoms. The third-order valence-corrected chi connectivity index (χ3v) is 2.62. The van der Waals surface area contributed by atoms with E-state index in [0.717, 1.165) is 6.07 Å². The third kappa shape index (κ3) is 5.06. The van der Waals surface area contributed by atoms with Crippen molar-refractivity contribution in [3.63, 3.8) is 0 Å². The second kappa shape index (κ2) is 5.37. The molecule has 17 heavy (non-hydrogen) atoms. The number of carbonyl (C=O) groups is 1. The summed E-state index contributed by atoms with van der Waals surface area (Å²) in [6.07, 6.45) is -0.805. The Hall–Kier alpha value is -1.27. The predicted molar refractivity (Wildman–Crippen MR) is 62.2 cm³/mol. The highest BCUT2D eigenvalue weighted by Gasteiger charge is 2.22. The fourth-order valence-corrected chi connectivity index (χ4v) is 1.75. The summed E-state index contributed by atoms with van der Waals surface area (Å²) in [5, 5.41) is 0. The van der Waals surface area contributed by atoms with Crippen LogP contribution in [0.1, 0.15) is 20.8 Å². The number of nitrogens with one attached hydrogen (secondary N) is 1. The molecule has 94 valence electrons. The molecule has 1 rings (SSSR count). The molecule has 1 aromatic rings. The average Bonchev–Trinajstić information content (AvgIpc) is 2.14. The summed E-state index contributed by atoms with van der Waals surface area (Å²) >= 11 is -1.82. The number of benzene rings is 1. The molecule has 0 saturated heterocycles. The molecule has 1 atom stereocenters. The van der Waals surface area contributed by atoms with Crippen LogP contribution in [0.15, 0.2) is 29.2 Å². The largest absolute Gasteiger partial charge is 0.588 e. The standard InChI is InChI=1S/C11H14FNO3S/c1-11(2,3)16-10(14)13-17(15)9-6-4-5-8(12)7-9/h4-7H,1-3H3,(H,13,14). The molecular formula is C11H14FNO3S. The lowest BCUT2D eigenvalue weighted by Gasteiger charge is -2.19. The van der Waals surface area contributed by atoms with Crippen LogP contribution in [0.3, 0.4) is 0 Å². The lowest BCUT2D eigenvalue weighted by atomic mass is 10.2. The SMILES string of the molecule is CC(C)(C)OC(=O)N[S+]([O-])c1cccc(F)c1. The molecule has 0 aliphatic rings. The third-order valence-electron chi connectivity index (χ3n) is 1.59. The van der Waals surface area contributed by atoms with Crippen molar-refractivity contribution in [1.29, 1.82) is 0 Å². The van der Waals surface area contributed by atoms with Gasteiger partial charge in [0, 0.05) is 6.07 Å². The van der Waals surface area contributed by atoms with Crippen LogP contribution in [-0.4, -0.2) is 16.2 Å². The van der Waals surface area contributed by atoms with Crippen LogP contribution in [0.25, 0.3) is 0 Å². The Bertz CT molecular complexity index is 406. The van der Waals surface area contributed by atoms with Crippen molar-refractivity contribution in [3.8, 4) is 0 Å². The molecule has 1 N–H and O–H groups in total. The van der Waals surface area contributed by atoms with Gasteiger partial charge in [-0.05, 0) is 32.9 Å². The van der Waals surface area contributed by atoms with Gasteiger partial charge in [-0.2, -0.15) is 0 Å². The van der Waals surface area contributed by atoms with E-state index in [1.165, 1.54) is 18.2 Å². The van der Waals surface area contributed by atoms with Gasteiger partial charge in [0.2, 0.25) is 0 Å². The Balaban J connectivity index is 2.61. The zero-order chi connectivity index (χ0) is 13.1. The van der Waals surface area contributed by atoms with E-state index in [9.17, 15) is 13.7 Å². The average molecular weight is 259 g/mol. The van der Waals surface area contributed by atoms with Crippen molar-refractivity contribution in [1.82, 2.24) is 4.72 Å². The minimum Gasteiger partial charge on any atom is -0.588 e. The monoisotopic (exact) mass is 259 g/mol. The first-order chi connectivity index (χ1) is 7.78. The number of ether oxygens (including phenoxy) is 1. The number of carbonyl (C=O) groups excluding carboxylic acids is 1. The predicted octanol–water partition coefficient (Wildman–Crippen LogP) is 2.37. The summed E-state index contributed by atoms with van der Waals surface area (Å²) < 4.78 is 31.5. The Kier molecular flexibility index (Phi) is 4.36. The zero-order valence-corrected chi connectivity index (χ0v) is 10.6. The molecule has 1 unspecified atom stereocenters. The van der Waals surface area contributed by atoms with Gasteiger partial charge in [-0.1, -0.05) is 6.07 Å². The molecule has 0 bridgehead atoms. The molecule has 1 amide bonds. The Labute approximate surface area is 102 Å². The molecule has 4 nitrogen and oxygen atoms in total. The maximum atomic E-state index is 12.9. The minimum atomic E-state index is -1.82. The van der Waals surface area contributed by atoms with Crippen LogP contribution in [0, 0.1) is 5.82 Å². The number of halogens is 1. The summed E-state index contributed by atoms with van der Waals surface area (Å²) in [6, 6.07) is 5.19. The van der Waals surface area contributed by atoms with Gasteiger partial charge in [-0.25, -0.2) is 9.18 Å². The lowest BCUT2D eigenvalue weighted by molar-refractivity contribution is 0.0570. The van der Waals surface area contributed by atoms with E-state index < -0.39 is 28.9 Å². The van der Waals surface area contributed by atoms with E-state index in [-0.39, 0.29) is 4.90 Å². The van der Waals surface area contributed by atoms with Crippen molar-refractivity contribution in [2.24, 2.45) is 0 Å². The van der Waals surface area contributed by atoms with Crippen molar-refractivity contribution in [3.05, 3.63) is 30.1 Å². The maximum Gasteiger partial charge on any atom is 0.449 e. The van der Waals surface area contributed by atoms with Crippen LogP contribution in [-0.2, 0) is 16.1 Å². The van der Waals surface area contributed by atoms with Gasteiger partial charge in [0.25, 0.3) is 0 Å². The van der Waals surface area contributed by atoms with Crippen LogP contribution in [0.5, 0.6) is 0 Å².